The second kappa shape index (κ2) is 7.34. The molecule has 0 heterocycles. The lowest BCUT2D eigenvalue weighted by molar-refractivity contribution is -0.346. The number of alkyl halides is 1. The van der Waals surface area contributed by atoms with Gasteiger partial charge in [0.15, 0.2) is 6.29 Å². The van der Waals surface area contributed by atoms with Crippen LogP contribution in [0.3, 0.4) is 0 Å². The summed E-state index contributed by atoms with van der Waals surface area (Å²) in [4.78, 5) is 0. The molecule has 0 saturated heterocycles. The van der Waals surface area contributed by atoms with E-state index in [9.17, 15) is 10.5 Å². The fourth-order valence-corrected chi connectivity index (χ4v) is 6.76. The van der Waals surface area contributed by atoms with Crippen molar-refractivity contribution in [2.24, 2.45) is 34.5 Å². The largest absolute Gasteiger partial charge is 0.353 e. The van der Waals surface area contributed by atoms with Crippen molar-refractivity contribution in [2.45, 2.75) is 84.8 Å². The smallest absolute Gasteiger partial charge is 0.217 e. The summed E-state index contributed by atoms with van der Waals surface area (Å²) in [5.41, 5.74) is -0.740. The summed E-state index contributed by atoms with van der Waals surface area (Å²) in [6.45, 7) is 8.11. The summed E-state index contributed by atoms with van der Waals surface area (Å²) in [6.07, 6.45) is 4.80. The van der Waals surface area contributed by atoms with Crippen LogP contribution >= 0.6 is 0 Å². The first-order valence-corrected chi connectivity index (χ1v) is 10.6. The predicted octanol–water partition coefficient (Wildman–Crippen LogP) is 5.35. The van der Waals surface area contributed by atoms with Gasteiger partial charge in [-0.15, -0.1) is 0 Å². The minimum atomic E-state index is -1.65. The number of hydrogen-bond acceptors (Lipinski definition) is 4. The number of nitrogens with zero attached hydrogens (tertiary/aromatic N) is 2. The zero-order valence-electron chi connectivity index (χ0n) is 17.1. The van der Waals surface area contributed by atoms with Crippen molar-refractivity contribution in [3.8, 4) is 12.1 Å². The third-order valence-corrected chi connectivity index (χ3v) is 7.76. The summed E-state index contributed by atoms with van der Waals surface area (Å²) in [7, 11) is 0. The average Bonchev–Trinajstić information content (AvgIpc) is 2.63. The normalized spacial score (nSPS) is 41.4. The SMILES string of the molecule is CCOC(C)OC1(F)C2CC3CC1CC(C(C#N)(CC)CC(C)C#N)(C3)C2. The number of ether oxygens (including phenoxy) is 2. The molecule has 4 aliphatic carbocycles. The monoisotopic (exact) mass is 376 g/mol. The van der Waals surface area contributed by atoms with Gasteiger partial charge in [0.25, 0.3) is 0 Å². The van der Waals surface area contributed by atoms with E-state index < -0.39 is 17.6 Å². The van der Waals surface area contributed by atoms with Gasteiger partial charge in [-0.05, 0) is 77.0 Å². The molecule has 0 spiro atoms. The highest BCUT2D eigenvalue weighted by Crippen LogP contribution is 2.71. The van der Waals surface area contributed by atoms with E-state index in [0.29, 0.717) is 31.8 Å². The zero-order chi connectivity index (χ0) is 19.9. The molecule has 150 valence electrons. The van der Waals surface area contributed by atoms with E-state index in [1.165, 1.54) is 0 Å². The van der Waals surface area contributed by atoms with Crippen LogP contribution < -0.4 is 0 Å². The van der Waals surface area contributed by atoms with Gasteiger partial charge in [0.2, 0.25) is 5.85 Å². The molecule has 5 unspecified atom stereocenters. The van der Waals surface area contributed by atoms with Gasteiger partial charge in [0, 0.05) is 24.4 Å². The highest BCUT2D eigenvalue weighted by molar-refractivity contribution is 5.20. The minimum absolute atomic E-state index is 0.165. The van der Waals surface area contributed by atoms with E-state index in [-0.39, 0.29) is 23.2 Å². The molecule has 0 amide bonds. The molecular weight excluding hydrogens is 343 g/mol. The molecule has 4 fully saturated rings. The molecule has 0 radical (unpaired) electrons. The first-order chi connectivity index (χ1) is 12.8. The van der Waals surface area contributed by atoms with Crippen LogP contribution in [0.15, 0.2) is 0 Å². The average molecular weight is 377 g/mol. The molecule has 0 aromatic carbocycles. The van der Waals surface area contributed by atoms with Crippen LogP contribution in [-0.4, -0.2) is 18.8 Å². The van der Waals surface area contributed by atoms with Gasteiger partial charge in [-0.1, -0.05) is 6.92 Å². The number of rotatable bonds is 8. The second-order valence-electron chi connectivity index (χ2n) is 9.24. The van der Waals surface area contributed by atoms with Crippen LogP contribution in [-0.2, 0) is 9.47 Å². The summed E-state index contributed by atoms with van der Waals surface area (Å²) in [6, 6.07) is 4.95. The molecular formula is C22H33FN2O2. The van der Waals surface area contributed by atoms with Crippen molar-refractivity contribution in [1.29, 1.82) is 10.5 Å². The molecule has 0 N–H and O–H groups in total. The van der Waals surface area contributed by atoms with Crippen LogP contribution in [0.25, 0.3) is 0 Å². The Labute approximate surface area is 163 Å². The maximum atomic E-state index is 16.1. The van der Waals surface area contributed by atoms with E-state index >= 15 is 4.39 Å². The van der Waals surface area contributed by atoms with Gasteiger partial charge in [-0.25, -0.2) is 4.39 Å². The number of halogens is 1. The van der Waals surface area contributed by atoms with E-state index in [1.54, 1.807) is 6.92 Å². The van der Waals surface area contributed by atoms with Crippen molar-refractivity contribution in [2.75, 3.05) is 6.61 Å². The molecule has 4 nitrogen and oxygen atoms in total. The summed E-state index contributed by atoms with van der Waals surface area (Å²) in [5, 5.41) is 19.6. The van der Waals surface area contributed by atoms with Gasteiger partial charge in [0.1, 0.15) is 0 Å². The second-order valence-corrected chi connectivity index (χ2v) is 9.24. The first kappa shape index (κ1) is 20.6. The molecule has 27 heavy (non-hydrogen) atoms. The molecule has 0 aliphatic heterocycles. The first-order valence-electron chi connectivity index (χ1n) is 10.6. The predicted molar refractivity (Wildman–Crippen MR) is 99.7 cm³/mol. The van der Waals surface area contributed by atoms with Gasteiger partial charge >= 0.3 is 0 Å². The van der Waals surface area contributed by atoms with Crippen molar-refractivity contribution >= 4 is 0 Å². The van der Waals surface area contributed by atoms with Crippen LogP contribution in [0.4, 0.5) is 4.39 Å². The van der Waals surface area contributed by atoms with Crippen molar-refractivity contribution in [3.05, 3.63) is 0 Å². The Bertz CT molecular complexity index is 623. The zero-order valence-corrected chi connectivity index (χ0v) is 17.1. The standard InChI is InChI=1S/C22H33FN2O2/c1-5-20(14-25,9-15(3)13-24)21-10-17-7-18(11-21)22(23,19(8-17)12-21)27-16(4)26-6-2/h15-19H,5-12H2,1-4H3. The van der Waals surface area contributed by atoms with Crippen LogP contribution in [0.2, 0.25) is 0 Å². The molecule has 4 bridgehead atoms. The molecule has 5 heteroatoms. The molecule has 4 saturated carbocycles. The summed E-state index contributed by atoms with van der Waals surface area (Å²) >= 11 is 0. The van der Waals surface area contributed by atoms with Crippen molar-refractivity contribution in [3.63, 3.8) is 0 Å². The summed E-state index contributed by atoms with van der Waals surface area (Å²) in [5.74, 6) is -1.70. The Morgan fingerprint density at radius 1 is 1.15 bits per heavy atom. The van der Waals surface area contributed by atoms with Crippen LogP contribution in [0.5, 0.6) is 0 Å². The molecule has 4 rings (SSSR count). The minimum Gasteiger partial charge on any atom is -0.353 e. The fraction of sp³-hybridized carbons (Fsp3) is 0.909. The Balaban J connectivity index is 1.91. The van der Waals surface area contributed by atoms with Gasteiger partial charge < -0.3 is 9.47 Å². The van der Waals surface area contributed by atoms with Gasteiger partial charge in [0.05, 0.1) is 17.6 Å². The molecule has 4 aliphatic rings. The third kappa shape index (κ3) is 3.18. The lowest BCUT2D eigenvalue weighted by Crippen LogP contribution is -2.64. The van der Waals surface area contributed by atoms with Crippen molar-refractivity contribution < 1.29 is 13.9 Å². The van der Waals surface area contributed by atoms with Crippen LogP contribution in [0.1, 0.15) is 72.6 Å². The lowest BCUT2D eigenvalue weighted by atomic mass is 9.40. The van der Waals surface area contributed by atoms with E-state index in [1.807, 2.05) is 13.8 Å². The Kier molecular flexibility index (Phi) is 5.59. The van der Waals surface area contributed by atoms with E-state index in [4.69, 9.17) is 9.47 Å². The molecule has 0 aromatic rings. The fourth-order valence-electron chi connectivity index (χ4n) is 6.76. The van der Waals surface area contributed by atoms with E-state index in [2.05, 4.69) is 19.1 Å². The number of hydrogen-bond donors (Lipinski definition) is 0. The quantitative estimate of drug-likeness (QED) is 0.536. The van der Waals surface area contributed by atoms with Gasteiger partial charge in [-0.2, -0.15) is 10.5 Å². The van der Waals surface area contributed by atoms with E-state index in [0.717, 1.165) is 25.7 Å². The Morgan fingerprint density at radius 3 is 2.26 bits per heavy atom. The molecule has 0 aromatic heterocycles. The number of nitriles is 2. The maximum absolute atomic E-state index is 16.1. The highest BCUT2D eigenvalue weighted by Gasteiger charge is 2.68. The van der Waals surface area contributed by atoms with Crippen LogP contribution in [0, 0.1) is 57.2 Å². The topological polar surface area (TPSA) is 66.0 Å². The lowest BCUT2D eigenvalue weighted by Gasteiger charge is -2.66. The Morgan fingerprint density at radius 2 is 1.78 bits per heavy atom. The molecule has 5 atom stereocenters. The van der Waals surface area contributed by atoms with Gasteiger partial charge in [-0.3, -0.25) is 0 Å². The third-order valence-electron chi connectivity index (χ3n) is 7.76. The summed E-state index contributed by atoms with van der Waals surface area (Å²) < 4.78 is 27.4. The van der Waals surface area contributed by atoms with Crippen molar-refractivity contribution in [1.82, 2.24) is 0 Å². The highest BCUT2D eigenvalue weighted by atomic mass is 19.2. The maximum Gasteiger partial charge on any atom is 0.217 e. The Hall–Kier alpha value is -1.17.